The minimum Gasteiger partial charge on any atom is -0.497 e. The first kappa shape index (κ1) is 20.6. The van der Waals surface area contributed by atoms with Gasteiger partial charge in [0.25, 0.3) is 17.5 Å². The minimum atomic E-state index is -0.658. The number of nitro groups is 1. The van der Waals surface area contributed by atoms with E-state index in [9.17, 15) is 19.7 Å². The number of carbonyl (C=O) groups is 2. The van der Waals surface area contributed by atoms with Gasteiger partial charge in [-0.1, -0.05) is 6.07 Å². The molecule has 11 heteroatoms. The Bertz CT molecular complexity index is 887. The Hall–Kier alpha value is -3.73. The second-order valence-corrected chi connectivity index (χ2v) is 5.64. The lowest BCUT2D eigenvalue weighted by atomic mass is 10.2. The number of hydrogen-bond donors (Lipinski definition) is 3. The molecule has 0 spiro atoms. The van der Waals surface area contributed by atoms with E-state index in [0.717, 1.165) is 6.07 Å². The standard InChI is InChI=1S/C17H16N4O6S/c1-26-13-5-7-14(8-6-13)27-10-15(22)18-17(28)20-19-16(23)11-3-2-4-12(9-11)21(24)25/h2-9H,10H2,1H3,(H,19,23)(H2,18,20,22,28). The van der Waals surface area contributed by atoms with Crippen LogP contribution < -0.4 is 25.6 Å². The molecule has 2 rings (SSSR count). The molecule has 0 aliphatic heterocycles. The lowest BCUT2D eigenvalue weighted by Gasteiger charge is -2.11. The maximum atomic E-state index is 12.0. The SMILES string of the molecule is COc1ccc(OCC(=O)NC(=S)NNC(=O)c2cccc([N+](=O)[O-])c2)cc1. The summed E-state index contributed by atoms with van der Waals surface area (Å²) in [6.45, 7) is -0.299. The van der Waals surface area contributed by atoms with Crippen LogP contribution in [0.4, 0.5) is 5.69 Å². The molecule has 0 aliphatic rings. The van der Waals surface area contributed by atoms with Crippen LogP contribution in [0.2, 0.25) is 0 Å². The van der Waals surface area contributed by atoms with E-state index in [0.29, 0.717) is 11.5 Å². The van der Waals surface area contributed by atoms with Crippen LogP contribution in [0.25, 0.3) is 0 Å². The van der Waals surface area contributed by atoms with Gasteiger partial charge in [0, 0.05) is 17.7 Å². The van der Waals surface area contributed by atoms with Crippen molar-refractivity contribution >= 4 is 34.8 Å². The smallest absolute Gasteiger partial charge is 0.270 e. The first-order valence-corrected chi connectivity index (χ1v) is 8.21. The zero-order chi connectivity index (χ0) is 20.5. The fourth-order valence-electron chi connectivity index (χ4n) is 1.96. The molecular formula is C17H16N4O6S. The third-order valence-electron chi connectivity index (χ3n) is 3.29. The number of carbonyl (C=O) groups excluding carboxylic acids is 2. The lowest BCUT2D eigenvalue weighted by Crippen LogP contribution is -2.49. The van der Waals surface area contributed by atoms with E-state index in [1.807, 2.05) is 0 Å². The van der Waals surface area contributed by atoms with Crippen molar-refractivity contribution in [2.45, 2.75) is 0 Å². The van der Waals surface area contributed by atoms with Gasteiger partial charge in [0.05, 0.1) is 12.0 Å². The van der Waals surface area contributed by atoms with Crippen molar-refractivity contribution in [1.29, 1.82) is 0 Å². The van der Waals surface area contributed by atoms with Crippen LogP contribution in [0.15, 0.2) is 48.5 Å². The first-order valence-electron chi connectivity index (χ1n) is 7.80. The predicted molar refractivity (Wildman–Crippen MR) is 103 cm³/mol. The Kier molecular flexibility index (Phi) is 7.22. The van der Waals surface area contributed by atoms with Crippen LogP contribution in [0.5, 0.6) is 11.5 Å². The third kappa shape index (κ3) is 6.21. The maximum Gasteiger partial charge on any atom is 0.270 e. The van der Waals surface area contributed by atoms with Gasteiger partial charge in [0.15, 0.2) is 11.7 Å². The molecule has 0 radical (unpaired) electrons. The van der Waals surface area contributed by atoms with Gasteiger partial charge in [-0.25, -0.2) is 0 Å². The number of non-ortho nitro benzene ring substituents is 1. The lowest BCUT2D eigenvalue weighted by molar-refractivity contribution is -0.384. The molecule has 0 saturated heterocycles. The summed E-state index contributed by atoms with van der Waals surface area (Å²) in [4.78, 5) is 33.9. The van der Waals surface area contributed by atoms with Crippen molar-refractivity contribution in [3.8, 4) is 11.5 Å². The Morgan fingerprint density at radius 1 is 1.11 bits per heavy atom. The van der Waals surface area contributed by atoms with Crippen molar-refractivity contribution in [2.75, 3.05) is 13.7 Å². The zero-order valence-corrected chi connectivity index (χ0v) is 15.4. The summed E-state index contributed by atoms with van der Waals surface area (Å²) < 4.78 is 10.3. The largest absolute Gasteiger partial charge is 0.497 e. The molecule has 146 valence electrons. The number of nitro benzene ring substituents is 1. The molecule has 2 amide bonds. The van der Waals surface area contributed by atoms with E-state index in [1.54, 1.807) is 24.3 Å². The Balaban J connectivity index is 1.76. The molecule has 0 heterocycles. The van der Waals surface area contributed by atoms with Crippen LogP contribution in [-0.4, -0.2) is 35.6 Å². The fourth-order valence-corrected chi connectivity index (χ4v) is 2.13. The van der Waals surface area contributed by atoms with Crippen molar-refractivity contribution in [1.82, 2.24) is 16.2 Å². The van der Waals surface area contributed by atoms with Crippen LogP contribution >= 0.6 is 12.2 Å². The summed E-state index contributed by atoms with van der Waals surface area (Å²) in [6, 6.07) is 11.8. The number of rotatable bonds is 6. The van der Waals surface area contributed by atoms with Crippen molar-refractivity contribution in [3.63, 3.8) is 0 Å². The first-order chi connectivity index (χ1) is 13.4. The molecule has 0 atom stereocenters. The number of nitrogens with zero attached hydrogens (tertiary/aromatic N) is 1. The van der Waals surface area contributed by atoms with E-state index in [-0.39, 0.29) is 23.0 Å². The Labute approximate surface area is 164 Å². The van der Waals surface area contributed by atoms with Gasteiger partial charge in [0.1, 0.15) is 11.5 Å². The van der Waals surface area contributed by atoms with Crippen LogP contribution in [-0.2, 0) is 4.79 Å². The molecule has 28 heavy (non-hydrogen) atoms. The van der Waals surface area contributed by atoms with Gasteiger partial charge in [-0.05, 0) is 42.5 Å². The van der Waals surface area contributed by atoms with Gasteiger partial charge in [-0.3, -0.25) is 35.9 Å². The van der Waals surface area contributed by atoms with Crippen molar-refractivity contribution in [2.24, 2.45) is 0 Å². The van der Waals surface area contributed by atoms with E-state index in [2.05, 4.69) is 16.2 Å². The summed E-state index contributed by atoms with van der Waals surface area (Å²) in [5.74, 6) is -0.0804. The summed E-state index contributed by atoms with van der Waals surface area (Å²) >= 11 is 4.89. The zero-order valence-electron chi connectivity index (χ0n) is 14.6. The second kappa shape index (κ2) is 9.83. The molecule has 0 fully saturated rings. The van der Waals surface area contributed by atoms with Gasteiger partial charge < -0.3 is 9.47 Å². The summed E-state index contributed by atoms with van der Waals surface area (Å²) in [6.07, 6.45) is 0. The van der Waals surface area contributed by atoms with Gasteiger partial charge in [0.2, 0.25) is 0 Å². The number of amides is 2. The number of ether oxygens (including phenoxy) is 2. The summed E-state index contributed by atoms with van der Waals surface area (Å²) in [7, 11) is 1.54. The molecule has 2 aromatic rings. The highest BCUT2D eigenvalue weighted by Gasteiger charge is 2.12. The third-order valence-corrected chi connectivity index (χ3v) is 3.50. The number of benzene rings is 2. The molecular weight excluding hydrogens is 388 g/mol. The molecule has 3 N–H and O–H groups in total. The van der Waals surface area contributed by atoms with E-state index >= 15 is 0 Å². The van der Waals surface area contributed by atoms with E-state index < -0.39 is 16.7 Å². The average Bonchev–Trinajstić information content (AvgIpc) is 2.71. The normalized spacial score (nSPS) is 9.75. The molecule has 2 aromatic carbocycles. The Morgan fingerprint density at radius 2 is 1.79 bits per heavy atom. The summed E-state index contributed by atoms with van der Waals surface area (Å²) in [5.41, 5.74) is 4.40. The predicted octanol–water partition coefficient (Wildman–Crippen LogP) is 1.32. The molecule has 0 bridgehead atoms. The molecule has 10 nitrogen and oxygen atoms in total. The van der Waals surface area contributed by atoms with Crippen LogP contribution in [0, 0.1) is 10.1 Å². The average molecular weight is 404 g/mol. The van der Waals surface area contributed by atoms with Crippen LogP contribution in [0.1, 0.15) is 10.4 Å². The number of hydrogen-bond acceptors (Lipinski definition) is 7. The molecule has 0 unspecified atom stereocenters. The highest BCUT2D eigenvalue weighted by molar-refractivity contribution is 7.80. The highest BCUT2D eigenvalue weighted by Crippen LogP contribution is 2.16. The second-order valence-electron chi connectivity index (χ2n) is 5.23. The molecule has 0 saturated carbocycles. The molecule has 0 aromatic heterocycles. The molecule has 0 aliphatic carbocycles. The van der Waals surface area contributed by atoms with Crippen LogP contribution in [0.3, 0.4) is 0 Å². The van der Waals surface area contributed by atoms with Gasteiger partial charge in [-0.15, -0.1) is 0 Å². The number of methoxy groups -OCH3 is 1. The number of nitrogens with one attached hydrogen (secondary N) is 3. The topological polar surface area (TPSA) is 132 Å². The van der Waals surface area contributed by atoms with E-state index in [1.165, 1.54) is 25.3 Å². The highest BCUT2D eigenvalue weighted by atomic mass is 32.1. The van der Waals surface area contributed by atoms with E-state index in [4.69, 9.17) is 21.7 Å². The monoisotopic (exact) mass is 404 g/mol. The maximum absolute atomic E-state index is 12.0. The fraction of sp³-hybridized carbons (Fsp3) is 0.118. The number of thiocarbonyl (C=S) groups is 1. The summed E-state index contributed by atoms with van der Waals surface area (Å²) in [5, 5.41) is 12.9. The van der Waals surface area contributed by atoms with Crippen molar-refractivity contribution < 1.29 is 24.0 Å². The number of hydrazine groups is 1. The Morgan fingerprint density at radius 3 is 2.43 bits per heavy atom. The minimum absolute atomic E-state index is 0.0543. The van der Waals surface area contributed by atoms with Crippen molar-refractivity contribution in [3.05, 3.63) is 64.2 Å². The quantitative estimate of drug-likeness (QED) is 0.373. The van der Waals surface area contributed by atoms with Gasteiger partial charge >= 0.3 is 0 Å². The van der Waals surface area contributed by atoms with Gasteiger partial charge in [-0.2, -0.15) is 0 Å².